The van der Waals surface area contributed by atoms with Crippen molar-refractivity contribution in [2.45, 2.75) is 154 Å². The van der Waals surface area contributed by atoms with Gasteiger partial charge < -0.3 is 18.9 Å². The summed E-state index contributed by atoms with van der Waals surface area (Å²) < 4.78 is 21.4. The van der Waals surface area contributed by atoms with Crippen molar-refractivity contribution in [3.63, 3.8) is 0 Å². The van der Waals surface area contributed by atoms with Crippen LogP contribution in [0.25, 0.3) is 0 Å². The van der Waals surface area contributed by atoms with Gasteiger partial charge in [-0.2, -0.15) is 0 Å². The first kappa shape index (κ1) is 34.9. The SMILES string of the molecule is CCCCCCCCCCCCOC(C(=O)OC)C(OCCCCCCCCCCCC)C(=O)OC. The molecule has 0 aromatic heterocycles. The molecule has 0 fully saturated rings. The minimum atomic E-state index is -1.09. The topological polar surface area (TPSA) is 71.1 Å². The smallest absolute Gasteiger partial charge is 0.338 e. The number of esters is 2. The van der Waals surface area contributed by atoms with Gasteiger partial charge in [0.2, 0.25) is 0 Å². The lowest BCUT2D eigenvalue weighted by atomic mass is 10.1. The molecule has 0 aliphatic heterocycles. The van der Waals surface area contributed by atoms with E-state index in [1.807, 2.05) is 0 Å². The Morgan fingerprint density at radius 1 is 0.444 bits per heavy atom. The van der Waals surface area contributed by atoms with Crippen LogP contribution < -0.4 is 0 Å². The molecule has 0 amide bonds. The molecule has 0 aromatic carbocycles. The third-order valence-electron chi connectivity index (χ3n) is 6.73. The van der Waals surface area contributed by atoms with Gasteiger partial charge in [-0.15, -0.1) is 0 Å². The average molecular weight is 515 g/mol. The molecule has 214 valence electrons. The van der Waals surface area contributed by atoms with E-state index in [0.29, 0.717) is 13.2 Å². The molecule has 2 atom stereocenters. The number of hydrogen-bond donors (Lipinski definition) is 0. The number of unbranched alkanes of at least 4 members (excludes halogenated alkanes) is 18. The van der Waals surface area contributed by atoms with Crippen LogP contribution in [0.5, 0.6) is 0 Å². The zero-order valence-corrected chi connectivity index (χ0v) is 24.2. The Labute approximate surface area is 222 Å². The van der Waals surface area contributed by atoms with E-state index in [-0.39, 0.29) is 0 Å². The maximum Gasteiger partial charge on any atom is 0.338 e. The Morgan fingerprint density at radius 2 is 0.694 bits per heavy atom. The molecule has 0 aromatic rings. The van der Waals surface area contributed by atoms with Crippen LogP contribution in [-0.4, -0.2) is 51.6 Å². The lowest BCUT2D eigenvalue weighted by molar-refractivity contribution is -0.180. The molecule has 2 unspecified atom stereocenters. The maximum atomic E-state index is 12.4. The molecule has 0 radical (unpaired) electrons. The lowest BCUT2D eigenvalue weighted by Crippen LogP contribution is -2.45. The van der Waals surface area contributed by atoms with Crippen molar-refractivity contribution in [1.82, 2.24) is 0 Å². The summed E-state index contributed by atoms with van der Waals surface area (Å²) in [5.41, 5.74) is 0. The van der Waals surface area contributed by atoms with Crippen molar-refractivity contribution in [3.8, 4) is 0 Å². The first-order chi connectivity index (χ1) is 17.6. The van der Waals surface area contributed by atoms with Gasteiger partial charge in [0.05, 0.1) is 14.2 Å². The van der Waals surface area contributed by atoms with E-state index in [1.165, 1.54) is 104 Å². The number of carbonyl (C=O) groups excluding carboxylic acids is 2. The van der Waals surface area contributed by atoms with E-state index in [4.69, 9.17) is 18.9 Å². The minimum absolute atomic E-state index is 0.394. The van der Waals surface area contributed by atoms with Crippen LogP contribution in [0.2, 0.25) is 0 Å². The highest BCUT2D eigenvalue weighted by Crippen LogP contribution is 2.15. The molecule has 0 bridgehead atoms. The Balaban J connectivity index is 4.20. The van der Waals surface area contributed by atoms with Gasteiger partial charge >= 0.3 is 11.9 Å². The van der Waals surface area contributed by atoms with E-state index in [9.17, 15) is 9.59 Å². The number of rotatable bonds is 27. The van der Waals surface area contributed by atoms with Crippen LogP contribution in [0.3, 0.4) is 0 Å². The van der Waals surface area contributed by atoms with Crippen molar-refractivity contribution < 1.29 is 28.5 Å². The van der Waals surface area contributed by atoms with Gasteiger partial charge in [0, 0.05) is 13.2 Å². The van der Waals surface area contributed by atoms with Crippen molar-refractivity contribution >= 4 is 11.9 Å². The van der Waals surface area contributed by atoms with Gasteiger partial charge in [0.15, 0.2) is 12.2 Å². The molecule has 36 heavy (non-hydrogen) atoms. The highest BCUT2D eigenvalue weighted by atomic mass is 16.6. The predicted molar refractivity (Wildman–Crippen MR) is 147 cm³/mol. The largest absolute Gasteiger partial charge is 0.467 e. The monoisotopic (exact) mass is 514 g/mol. The molecule has 6 heteroatoms. The Bertz CT molecular complexity index is 452. The lowest BCUT2D eigenvalue weighted by Gasteiger charge is -2.23. The fourth-order valence-electron chi connectivity index (χ4n) is 4.39. The fourth-order valence-corrected chi connectivity index (χ4v) is 4.39. The fraction of sp³-hybridized carbons (Fsp3) is 0.933. The normalized spacial score (nSPS) is 12.9. The molecular weight excluding hydrogens is 456 g/mol. The van der Waals surface area contributed by atoms with Crippen LogP contribution in [0.15, 0.2) is 0 Å². The highest BCUT2D eigenvalue weighted by Gasteiger charge is 2.37. The molecule has 0 N–H and O–H groups in total. The van der Waals surface area contributed by atoms with E-state index in [1.54, 1.807) is 0 Å². The van der Waals surface area contributed by atoms with Crippen LogP contribution in [0, 0.1) is 0 Å². The minimum Gasteiger partial charge on any atom is -0.467 e. The van der Waals surface area contributed by atoms with E-state index in [2.05, 4.69) is 13.8 Å². The number of ether oxygens (including phenoxy) is 4. The predicted octanol–water partition coefficient (Wildman–Crippen LogP) is 7.94. The molecule has 0 saturated heterocycles. The first-order valence-corrected chi connectivity index (χ1v) is 15.0. The van der Waals surface area contributed by atoms with Crippen molar-refractivity contribution in [2.75, 3.05) is 27.4 Å². The summed E-state index contributed by atoms with van der Waals surface area (Å²) in [6, 6.07) is 0. The van der Waals surface area contributed by atoms with E-state index >= 15 is 0 Å². The van der Waals surface area contributed by atoms with Crippen molar-refractivity contribution in [3.05, 3.63) is 0 Å². The molecule has 0 rings (SSSR count). The van der Waals surface area contributed by atoms with Crippen LogP contribution in [0.4, 0.5) is 0 Å². The summed E-state index contributed by atoms with van der Waals surface area (Å²) in [5, 5.41) is 0. The second-order valence-electron chi connectivity index (χ2n) is 9.99. The van der Waals surface area contributed by atoms with Gasteiger partial charge in [0.1, 0.15) is 0 Å². The van der Waals surface area contributed by atoms with E-state index < -0.39 is 24.1 Å². The van der Waals surface area contributed by atoms with Crippen molar-refractivity contribution in [2.24, 2.45) is 0 Å². The summed E-state index contributed by atoms with van der Waals surface area (Å²) in [6.45, 7) is 5.27. The first-order valence-electron chi connectivity index (χ1n) is 15.0. The van der Waals surface area contributed by atoms with Gasteiger partial charge in [-0.25, -0.2) is 9.59 Å². The van der Waals surface area contributed by atoms with Gasteiger partial charge in [-0.05, 0) is 12.8 Å². The third kappa shape index (κ3) is 20.0. The van der Waals surface area contributed by atoms with Crippen molar-refractivity contribution in [1.29, 1.82) is 0 Å². The summed E-state index contributed by atoms with van der Waals surface area (Å²) in [6.07, 6.45) is 22.2. The second kappa shape index (κ2) is 26.9. The second-order valence-corrected chi connectivity index (χ2v) is 9.99. The summed E-state index contributed by atoms with van der Waals surface area (Å²) in [4.78, 5) is 24.7. The molecule has 0 spiro atoms. The number of carbonyl (C=O) groups is 2. The summed E-state index contributed by atoms with van der Waals surface area (Å²) in [5.74, 6) is -1.19. The molecular formula is C30H58O6. The Morgan fingerprint density at radius 3 is 0.944 bits per heavy atom. The number of methoxy groups -OCH3 is 2. The van der Waals surface area contributed by atoms with Gasteiger partial charge in [-0.3, -0.25) is 0 Å². The van der Waals surface area contributed by atoms with Gasteiger partial charge in [0.25, 0.3) is 0 Å². The molecule has 0 aliphatic rings. The van der Waals surface area contributed by atoms with Crippen LogP contribution in [0.1, 0.15) is 142 Å². The van der Waals surface area contributed by atoms with E-state index in [0.717, 1.165) is 38.5 Å². The van der Waals surface area contributed by atoms with Crippen LogP contribution >= 0.6 is 0 Å². The standard InChI is InChI=1S/C30H58O6/c1-5-7-9-11-13-15-17-19-21-23-25-35-27(29(31)33-3)28(30(32)34-4)36-26-24-22-20-18-16-14-12-10-8-6-2/h27-28H,5-26H2,1-4H3. The average Bonchev–Trinajstić information content (AvgIpc) is 2.90. The zero-order chi connectivity index (χ0) is 26.7. The summed E-state index contributed by atoms with van der Waals surface area (Å²) >= 11 is 0. The number of hydrogen-bond acceptors (Lipinski definition) is 6. The van der Waals surface area contributed by atoms with Crippen LogP contribution in [-0.2, 0) is 28.5 Å². The molecule has 0 saturated carbocycles. The zero-order valence-electron chi connectivity index (χ0n) is 24.2. The molecule has 0 heterocycles. The Hall–Kier alpha value is -1.14. The highest BCUT2D eigenvalue weighted by molar-refractivity contribution is 5.85. The third-order valence-corrected chi connectivity index (χ3v) is 6.73. The molecule has 0 aliphatic carbocycles. The quantitative estimate of drug-likeness (QED) is 0.0818. The molecule has 6 nitrogen and oxygen atoms in total. The summed E-state index contributed by atoms with van der Waals surface area (Å²) in [7, 11) is 2.60. The van der Waals surface area contributed by atoms with Gasteiger partial charge in [-0.1, -0.05) is 129 Å². The maximum absolute atomic E-state index is 12.4. The Kier molecular flexibility index (Phi) is 26.1.